The van der Waals surface area contributed by atoms with Gasteiger partial charge in [0, 0.05) is 6.42 Å². The standard InChI is InChI=1S/C27H27N5O2/c1-34-22-15-13-21(14-16-22)24-18-23(20-10-6-3-7-11-20)28-27-30-26(31-32(24)27)29-25(33)17-12-19-8-4-2-5-9-19/h2-11,13-16,23-24H,12,17-18H2,1H3,(H2,28,29,30,31,33)/t23-,24+/m1/s1. The lowest BCUT2D eigenvalue weighted by Gasteiger charge is -2.31. The molecule has 1 aromatic heterocycles. The molecule has 4 aromatic rings. The highest BCUT2D eigenvalue weighted by atomic mass is 16.5. The SMILES string of the molecule is COc1ccc([C@@H]2C[C@H](c3ccccc3)Nc3nc(NC(=O)CCc4ccccc4)nn32)cc1. The lowest BCUT2D eigenvalue weighted by atomic mass is 9.93. The Balaban J connectivity index is 1.38. The van der Waals surface area contributed by atoms with E-state index >= 15 is 0 Å². The third-order valence-electron chi connectivity index (χ3n) is 6.13. The van der Waals surface area contributed by atoms with Gasteiger partial charge in [0.2, 0.25) is 11.9 Å². The van der Waals surface area contributed by atoms with E-state index in [-0.39, 0.29) is 18.0 Å². The highest BCUT2D eigenvalue weighted by Crippen LogP contribution is 2.38. The zero-order chi connectivity index (χ0) is 23.3. The molecule has 0 aliphatic carbocycles. The van der Waals surface area contributed by atoms with Crippen LogP contribution in [0.2, 0.25) is 0 Å². The zero-order valence-electron chi connectivity index (χ0n) is 19.0. The predicted molar refractivity (Wildman–Crippen MR) is 132 cm³/mol. The summed E-state index contributed by atoms with van der Waals surface area (Å²) in [5.74, 6) is 1.65. The first-order valence-electron chi connectivity index (χ1n) is 11.5. The predicted octanol–water partition coefficient (Wildman–Crippen LogP) is 5.00. The summed E-state index contributed by atoms with van der Waals surface area (Å²) in [6, 6.07) is 28.4. The lowest BCUT2D eigenvalue weighted by molar-refractivity contribution is -0.116. The average Bonchev–Trinajstić information content (AvgIpc) is 3.30. The van der Waals surface area contributed by atoms with Crippen LogP contribution in [0.15, 0.2) is 84.9 Å². The molecule has 2 heterocycles. The van der Waals surface area contributed by atoms with Crippen LogP contribution < -0.4 is 15.4 Å². The molecular weight excluding hydrogens is 426 g/mol. The fraction of sp³-hybridized carbons (Fsp3) is 0.222. The van der Waals surface area contributed by atoms with Crippen molar-refractivity contribution in [3.63, 3.8) is 0 Å². The van der Waals surface area contributed by atoms with Crippen molar-refractivity contribution in [1.29, 1.82) is 0 Å². The summed E-state index contributed by atoms with van der Waals surface area (Å²) in [7, 11) is 1.66. The molecule has 0 radical (unpaired) electrons. The number of carbonyl (C=O) groups excluding carboxylic acids is 1. The van der Waals surface area contributed by atoms with Gasteiger partial charge in [0.25, 0.3) is 5.95 Å². The number of benzene rings is 3. The number of anilines is 2. The van der Waals surface area contributed by atoms with E-state index in [9.17, 15) is 4.79 Å². The van der Waals surface area contributed by atoms with Crippen LogP contribution in [0, 0.1) is 0 Å². The van der Waals surface area contributed by atoms with E-state index < -0.39 is 0 Å². The molecule has 0 unspecified atom stereocenters. The number of aryl methyl sites for hydroxylation is 1. The maximum atomic E-state index is 12.6. The number of nitrogens with zero attached hydrogens (tertiary/aromatic N) is 3. The number of rotatable bonds is 7. The molecule has 0 saturated carbocycles. The summed E-state index contributed by atoms with van der Waals surface area (Å²) in [5.41, 5.74) is 3.42. The summed E-state index contributed by atoms with van der Waals surface area (Å²) < 4.78 is 7.19. The number of ether oxygens (including phenoxy) is 1. The summed E-state index contributed by atoms with van der Waals surface area (Å²) in [4.78, 5) is 17.2. The van der Waals surface area contributed by atoms with Crippen LogP contribution in [-0.2, 0) is 11.2 Å². The third-order valence-corrected chi connectivity index (χ3v) is 6.13. The first-order valence-corrected chi connectivity index (χ1v) is 11.5. The number of aromatic nitrogens is 3. The fourth-order valence-corrected chi connectivity index (χ4v) is 4.33. The molecular formula is C27H27N5O2. The molecule has 2 N–H and O–H groups in total. The minimum atomic E-state index is -0.104. The van der Waals surface area contributed by atoms with Gasteiger partial charge in [-0.25, -0.2) is 4.68 Å². The molecule has 3 aromatic carbocycles. The normalized spacial score (nSPS) is 16.9. The van der Waals surface area contributed by atoms with Gasteiger partial charge in [0.15, 0.2) is 0 Å². The number of hydrogen-bond donors (Lipinski definition) is 2. The van der Waals surface area contributed by atoms with E-state index in [1.54, 1.807) is 7.11 Å². The van der Waals surface area contributed by atoms with Crippen LogP contribution in [0.4, 0.5) is 11.9 Å². The van der Waals surface area contributed by atoms with Crippen molar-refractivity contribution in [3.8, 4) is 5.75 Å². The Morgan fingerprint density at radius 1 is 1.00 bits per heavy atom. The highest BCUT2D eigenvalue weighted by molar-refractivity contribution is 5.89. The lowest BCUT2D eigenvalue weighted by Crippen LogP contribution is -2.28. The van der Waals surface area contributed by atoms with Crippen LogP contribution in [0.3, 0.4) is 0 Å². The zero-order valence-corrected chi connectivity index (χ0v) is 19.0. The van der Waals surface area contributed by atoms with Crippen LogP contribution >= 0.6 is 0 Å². The molecule has 34 heavy (non-hydrogen) atoms. The molecule has 0 fully saturated rings. The minimum Gasteiger partial charge on any atom is -0.497 e. The monoisotopic (exact) mass is 453 g/mol. The number of nitrogens with one attached hydrogen (secondary N) is 2. The van der Waals surface area contributed by atoms with Crippen molar-refractivity contribution in [2.24, 2.45) is 0 Å². The topological polar surface area (TPSA) is 81.1 Å². The van der Waals surface area contributed by atoms with Crippen molar-refractivity contribution in [1.82, 2.24) is 14.8 Å². The fourth-order valence-electron chi connectivity index (χ4n) is 4.33. The Morgan fingerprint density at radius 2 is 1.71 bits per heavy atom. The number of amides is 1. The second-order valence-corrected chi connectivity index (χ2v) is 8.37. The van der Waals surface area contributed by atoms with Crippen molar-refractivity contribution in [2.45, 2.75) is 31.3 Å². The Labute approximate surface area is 198 Å². The maximum absolute atomic E-state index is 12.6. The second kappa shape index (κ2) is 9.79. The van der Waals surface area contributed by atoms with Crippen LogP contribution in [-0.4, -0.2) is 27.8 Å². The van der Waals surface area contributed by atoms with Crippen molar-refractivity contribution in [3.05, 3.63) is 102 Å². The minimum absolute atomic E-state index is 0.0326. The van der Waals surface area contributed by atoms with Crippen molar-refractivity contribution in [2.75, 3.05) is 17.7 Å². The number of hydrogen-bond acceptors (Lipinski definition) is 5. The molecule has 0 spiro atoms. The van der Waals surface area contributed by atoms with Gasteiger partial charge in [-0.15, -0.1) is 5.10 Å². The molecule has 1 amide bonds. The molecule has 0 bridgehead atoms. The van der Waals surface area contributed by atoms with Gasteiger partial charge in [-0.1, -0.05) is 72.8 Å². The molecule has 1 aliphatic heterocycles. The van der Waals surface area contributed by atoms with Crippen molar-refractivity contribution < 1.29 is 9.53 Å². The third kappa shape index (κ3) is 4.78. The average molecular weight is 454 g/mol. The summed E-state index contributed by atoms with van der Waals surface area (Å²) in [6.07, 6.45) is 1.84. The number of methoxy groups -OCH3 is 1. The summed E-state index contributed by atoms with van der Waals surface area (Å²) in [5, 5.41) is 11.0. The Morgan fingerprint density at radius 3 is 2.41 bits per heavy atom. The molecule has 172 valence electrons. The van der Waals surface area contributed by atoms with Crippen LogP contribution in [0.25, 0.3) is 0 Å². The smallest absolute Gasteiger partial charge is 0.250 e. The molecule has 1 aliphatic rings. The van der Waals surface area contributed by atoms with E-state index in [1.807, 2.05) is 65.3 Å². The Kier molecular flexibility index (Phi) is 6.25. The van der Waals surface area contributed by atoms with Crippen LogP contribution in [0.1, 0.15) is 41.6 Å². The van der Waals surface area contributed by atoms with Gasteiger partial charge >= 0.3 is 0 Å². The van der Waals surface area contributed by atoms with Gasteiger partial charge in [0.1, 0.15) is 5.75 Å². The first-order chi connectivity index (χ1) is 16.7. The van der Waals surface area contributed by atoms with E-state index in [4.69, 9.17) is 4.74 Å². The second-order valence-electron chi connectivity index (χ2n) is 8.37. The number of fused-ring (bicyclic) bond motifs is 1. The molecule has 2 atom stereocenters. The van der Waals surface area contributed by atoms with Gasteiger partial charge in [0.05, 0.1) is 19.2 Å². The quantitative estimate of drug-likeness (QED) is 0.411. The Bertz CT molecular complexity index is 1240. The van der Waals surface area contributed by atoms with E-state index in [2.05, 4.69) is 45.0 Å². The molecule has 7 nitrogen and oxygen atoms in total. The van der Waals surface area contributed by atoms with Gasteiger partial charge in [-0.2, -0.15) is 4.98 Å². The first kappa shape index (κ1) is 21.7. The van der Waals surface area contributed by atoms with Crippen LogP contribution in [0.5, 0.6) is 5.75 Å². The summed E-state index contributed by atoms with van der Waals surface area (Å²) in [6.45, 7) is 0. The van der Waals surface area contributed by atoms with Gasteiger partial charge in [-0.05, 0) is 41.7 Å². The van der Waals surface area contributed by atoms with E-state index in [0.29, 0.717) is 24.7 Å². The van der Waals surface area contributed by atoms with E-state index in [1.165, 1.54) is 5.56 Å². The number of carbonyl (C=O) groups is 1. The van der Waals surface area contributed by atoms with E-state index in [0.717, 1.165) is 23.3 Å². The molecule has 5 rings (SSSR count). The largest absolute Gasteiger partial charge is 0.497 e. The Hall–Kier alpha value is -4.13. The molecule has 0 saturated heterocycles. The summed E-state index contributed by atoms with van der Waals surface area (Å²) >= 11 is 0. The van der Waals surface area contributed by atoms with Gasteiger partial charge in [-0.3, -0.25) is 10.1 Å². The van der Waals surface area contributed by atoms with Crippen molar-refractivity contribution >= 4 is 17.8 Å². The molecule has 7 heteroatoms. The maximum Gasteiger partial charge on any atom is 0.250 e. The highest BCUT2D eigenvalue weighted by Gasteiger charge is 2.31. The van der Waals surface area contributed by atoms with Gasteiger partial charge < -0.3 is 10.1 Å².